The van der Waals surface area contributed by atoms with Crippen LogP contribution in [0.1, 0.15) is 265 Å². The number of unbranched alkanes of at least 4 members (excludes halogenated alkanes) is 22. The molecule has 0 aliphatic heterocycles. The number of ether oxygens (including phenoxy) is 3. The van der Waals surface area contributed by atoms with Crippen LogP contribution in [-0.4, -0.2) is 37.2 Å². The fourth-order valence-corrected chi connectivity index (χ4v) is 8.03. The SMILES string of the molecule is CC/C=C\C/C=C\C/C=C\C/C=C\C/C=C\C/C=C\CCCCCCCCC(=O)OCC(COC(=O)CCCCCCCCCCCCCCCCC)OC(=O)CCCC/C=C\C/C=C\C/C=C\C/C=C\CC. The Morgan fingerprint density at radius 3 is 0.863 bits per heavy atom. The first-order valence-electron chi connectivity index (χ1n) is 30.0. The van der Waals surface area contributed by atoms with Gasteiger partial charge in [-0.05, 0) is 109 Å². The Balaban J connectivity index is 4.43. The summed E-state index contributed by atoms with van der Waals surface area (Å²) in [4.78, 5) is 38.2. The molecule has 0 heterocycles. The van der Waals surface area contributed by atoms with Crippen molar-refractivity contribution in [1.29, 1.82) is 0 Å². The van der Waals surface area contributed by atoms with Gasteiger partial charge in [-0.3, -0.25) is 14.4 Å². The largest absolute Gasteiger partial charge is 0.462 e. The molecular weight excluding hydrogens is 901 g/mol. The molecule has 0 aromatic carbocycles. The zero-order valence-electron chi connectivity index (χ0n) is 47.4. The molecule has 0 aromatic heterocycles. The summed E-state index contributed by atoms with van der Waals surface area (Å²) in [5.41, 5.74) is 0. The van der Waals surface area contributed by atoms with Crippen molar-refractivity contribution in [1.82, 2.24) is 0 Å². The smallest absolute Gasteiger partial charge is 0.306 e. The van der Waals surface area contributed by atoms with Crippen LogP contribution >= 0.6 is 0 Å². The normalized spacial score (nSPS) is 13.0. The maximum absolute atomic E-state index is 12.8. The summed E-state index contributed by atoms with van der Waals surface area (Å²) in [7, 11) is 0. The molecule has 6 heteroatoms. The molecule has 0 spiro atoms. The van der Waals surface area contributed by atoms with E-state index in [9.17, 15) is 14.4 Å². The van der Waals surface area contributed by atoms with Crippen LogP contribution in [0.15, 0.2) is 122 Å². The van der Waals surface area contributed by atoms with E-state index in [2.05, 4.69) is 142 Å². The summed E-state index contributed by atoms with van der Waals surface area (Å²) < 4.78 is 16.8. The highest BCUT2D eigenvalue weighted by Crippen LogP contribution is 2.15. The number of hydrogen-bond donors (Lipinski definition) is 0. The first-order chi connectivity index (χ1) is 36.0. The van der Waals surface area contributed by atoms with Crippen molar-refractivity contribution in [3.05, 3.63) is 122 Å². The predicted octanol–water partition coefficient (Wildman–Crippen LogP) is 20.4. The van der Waals surface area contributed by atoms with E-state index in [4.69, 9.17) is 14.2 Å². The van der Waals surface area contributed by atoms with Crippen molar-refractivity contribution in [2.24, 2.45) is 0 Å². The van der Waals surface area contributed by atoms with Gasteiger partial charge in [-0.2, -0.15) is 0 Å². The quantitative estimate of drug-likeness (QED) is 0.0261. The van der Waals surface area contributed by atoms with Gasteiger partial charge in [-0.25, -0.2) is 0 Å². The monoisotopic (exact) mass is 1010 g/mol. The Kier molecular flexibility index (Phi) is 56.9. The van der Waals surface area contributed by atoms with E-state index in [-0.39, 0.29) is 37.5 Å². The average molecular weight is 1010 g/mol. The third-order valence-corrected chi connectivity index (χ3v) is 12.5. The number of esters is 3. The molecule has 73 heavy (non-hydrogen) atoms. The predicted molar refractivity (Wildman–Crippen MR) is 316 cm³/mol. The topological polar surface area (TPSA) is 78.9 Å². The van der Waals surface area contributed by atoms with Crippen molar-refractivity contribution in [3.63, 3.8) is 0 Å². The second-order valence-corrected chi connectivity index (χ2v) is 19.5. The van der Waals surface area contributed by atoms with Gasteiger partial charge in [0.25, 0.3) is 0 Å². The van der Waals surface area contributed by atoms with Gasteiger partial charge in [0.05, 0.1) is 0 Å². The second kappa shape index (κ2) is 60.4. The Morgan fingerprint density at radius 2 is 0.534 bits per heavy atom. The molecule has 0 rings (SSSR count). The molecule has 0 aliphatic carbocycles. The van der Waals surface area contributed by atoms with E-state index in [0.717, 1.165) is 128 Å². The highest BCUT2D eigenvalue weighted by Gasteiger charge is 2.19. The lowest BCUT2D eigenvalue weighted by Crippen LogP contribution is -2.30. The molecule has 0 aliphatic rings. The van der Waals surface area contributed by atoms with Gasteiger partial charge in [0.1, 0.15) is 13.2 Å². The maximum Gasteiger partial charge on any atom is 0.306 e. The van der Waals surface area contributed by atoms with Crippen LogP contribution in [0.2, 0.25) is 0 Å². The van der Waals surface area contributed by atoms with Gasteiger partial charge in [0.15, 0.2) is 6.10 Å². The van der Waals surface area contributed by atoms with Gasteiger partial charge < -0.3 is 14.2 Å². The van der Waals surface area contributed by atoms with Crippen molar-refractivity contribution >= 4 is 17.9 Å². The molecule has 0 N–H and O–H groups in total. The minimum absolute atomic E-state index is 0.100. The molecule has 1 atom stereocenters. The van der Waals surface area contributed by atoms with E-state index >= 15 is 0 Å². The first-order valence-corrected chi connectivity index (χ1v) is 30.0. The Morgan fingerprint density at radius 1 is 0.288 bits per heavy atom. The summed E-state index contributed by atoms with van der Waals surface area (Å²) in [6.07, 6.45) is 83.4. The van der Waals surface area contributed by atoms with Crippen LogP contribution in [-0.2, 0) is 28.6 Å². The molecule has 0 bridgehead atoms. The lowest BCUT2D eigenvalue weighted by atomic mass is 10.0. The lowest BCUT2D eigenvalue weighted by molar-refractivity contribution is -0.167. The van der Waals surface area contributed by atoms with Crippen LogP contribution in [0.5, 0.6) is 0 Å². The number of rotatable bonds is 53. The molecule has 0 aromatic rings. The molecule has 0 saturated carbocycles. The van der Waals surface area contributed by atoms with E-state index < -0.39 is 6.10 Å². The van der Waals surface area contributed by atoms with Gasteiger partial charge in [-0.15, -0.1) is 0 Å². The zero-order valence-corrected chi connectivity index (χ0v) is 47.4. The van der Waals surface area contributed by atoms with Crippen LogP contribution < -0.4 is 0 Å². The van der Waals surface area contributed by atoms with Crippen molar-refractivity contribution in [2.45, 2.75) is 271 Å². The molecule has 0 saturated heterocycles. The van der Waals surface area contributed by atoms with E-state index in [1.807, 2.05) is 0 Å². The van der Waals surface area contributed by atoms with Crippen molar-refractivity contribution < 1.29 is 28.6 Å². The van der Waals surface area contributed by atoms with Crippen LogP contribution in [0, 0.1) is 0 Å². The van der Waals surface area contributed by atoms with Crippen LogP contribution in [0.4, 0.5) is 0 Å². The third kappa shape index (κ3) is 58.6. The van der Waals surface area contributed by atoms with Crippen molar-refractivity contribution in [2.75, 3.05) is 13.2 Å². The number of carbonyl (C=O) groups is 3. The standard InChI is InChI=1S/C67H110O6/c1-4-7-10-13-16-19-22-25-28-29-30-31-32-33-34-35-36-37-40-42-45-48-51-54-57-60-66(69)72-63-64(73-67(70)61-58-55-52-49-46-43-39-27-24-21-18-15-12-9-6-3)62-71-65(68)59-56-53-50-47-44-41-38-26-23-20-17-14-11-8-5-2/h7,9-10,12,16,18-19,21,25,27-28,30-31,33-34,36-37,39,46,49,64H,4-6,8,11,13-15,17,20,22-24,26,29,32,35,38,40-45,47-48,50-63H2,1-3H3/b10-7-,12-9-,19-16-,21-18-,28-25-,31-30-,34-33-,37-36-,39-27-,49-46-. The molecular formula is C67H110O6. The molecule has 0 fully saturated rings. The first kappa shape index (κ1) is 68.8. The Labute approximate surface area is 450 Å². The van der Waals surface area contributed by atoms with E-state index in [0.29, 0.717) is 19.3 Å². The molecule has 0 radical (unpaired) electrons. The van der Waals surface area contributed by atoms with Crippen molar-refractivity contribution in [3.8, 4) is 0 Å². The van der Waals surface area contributed by atoms with Gasteiger partial charge in [0.2, 0.25) is 0 Å². The molecule has 0 amide bonds. The summed E-state index contributed by atoms with van der Waals surface area (Å²) >= 11 is 0. The van der Waals surface area contributed by atoms with E-state index in [1.54, 1.807) is 0 Å². The maximum atomic E-state index is 12.8. The van der Waals surface area contributed by atoms with Crippen LogP contribution in [0.25, 0.3) is 0 Å². The fraction of sp³-hybridized carbons (Fsp3) is 0.657. The van der Waals surface area contributed by atoms with Gasteiger partial charge >= 0.3 is 17.9 Å². The minimum atomic E-state index is -0.808. The molecule has 6 nitrogen and oxygen atoms in total. The number of hydrogen-bond acceptors (Lipinski definition) is 6. The van der Waals surface area contributed by atoms with Gasteiger partial charge in [0, 0.05) is 19.3 Å². The summed E-state index contributed by atoms with van der Waals surface area (Å²) in [5.74, 6) is -0.955. The highest BCUT2D eigenvalue weighted by molar-refractivity contribution is 5.71. The zero-order chi connectivity index (χ0) is 52.9. The number of carbonyl (C=O) groups excluding carboxylic acids is 3. The summed E-state index contributed by atoms with van der Waals surface area (Å²) in [6, 6.07) is 0. The molecule has 1 unspecified atom stereocenters. The number of allylic oxidation sites excluding steroid dienone is 20. The van der Waals surface area contributed by atoms with E-state index in [1.165, 1.54) is 89.9 Å². The molecule has 414 valence electrons. The average Bonchev–Trinajstić information content (AvgIpc) is 3.39. The summed E-state index contributed by atoms with van der Waals surface area (Å²) in [6.45, 7) is 6.37. The minimum Gasteiger partial charge on any atom is -0.462 e. The Hall–Kier alpha value is -4.19. The third-order valence-electron chi connectivity index (χ3n) is 12.5. The Bertz CT molecular complexity index is 1540. The second-order valence-electron chi connectivity index (χ2n) is 19.5. The highest BCUT2D eigenvalue weighted by atomic mass is 16.6. The van der Waals surface area contributed by atoms with Gasteiger partial charge in [-0.1, -0.05) is 258 Å². The van der Waals surface area contributed by atoms with Crippen LogP contribution in [0.3, 0.4) is 0 Å². The fourth-order valence-electron chi connectivity index (χ4n) is 8.03. The summed E-state index contributed by atoms with van der Waals surface area (Å²) in [5, 5.41) is 0. The lowest BCUT2D eigenvalue weighted by Gasteiger charge is -2.18.